The zero-order chi connectivity index (χ0) is 20.2. The number of carbonyl (C=O) groups is 2. The summed E-state index contributed by atoms with van der Waals surface area (Å²) in [6.45, 7) is 3.86. The van der Waals surface area contributed by atoms with Crippen LogP contribution in [-0.2, 0) is 16.4 Å². The highest BCUT2D eigenvalue weighted by Gasteiger charge is 2.43. The van der Waals surface area contributed by atoms with Gasteiger partial charge in [-0.15, -0.1) is 0 Å². The fourth-order valence-corrected chi connectivity index (χ4v) is 6.03. The van der Waals surface area contributed by atoms with Crippen molar-refractivity contribution in [2.75, 3.05) is 11.4 Å². The van der Waals surface area contributed by atoms with E-state index in [4.69, 9.17) is 0 Å². The molecule has 2 amide bonds. The maximum Gasteiger partial charge on any atom is 0.269 e. The molecule has 0 bridgehead atoms. The second-order valence-electron chi connectivity index (χ2n) is 7.24. The highest BCUT2D eigenvalue weighted by Crippen LogP contribution is 2.34. The molecular formula is C20H19BrN2O4S. The van der Waals surface area contributed by atoms with Crippen LogP contribution in [0.5, 0.6) is 0 Å². The van der Waals surface area contributed by atoms with Gasteiger partial charge < -0.3 is 4.90 Å². The summed E-state index contributed by atoms with van der Waals surface area (Å²) in [5.74, 6) is -0.811. The van der Waals surface area contributed by atoms with Crippen molar-refractivity contribution in [3.05, 3.63) is 57.6 Å². The minimum atomic E-state index is -3.94. The zero-order valence-electron chi connectivity index (χ0n) is 15.5. The van der Waals surface area contributed by atoms with Crippen LogP contribution in [-0.4, -0.2) is 37.1 Å². The van der Waals surface area contributed by atoms with Gasteiger partial charge >= 0.3 is 0 Å². The zero-order valence-corrected chi connectivity index (χ0v) is 17.9. The Bertz CT molecular complexity index is 1110. The minimum Gasteiger partial charge on any atom is -0.308 e. The van der Waals surface area contributed by atoms with E-state index in [9.17, 15) is 18.0 Å². The lowest BCUT2D eigenvalue weighted by Crippen LogP contribution is -2.36. The number of anilines is 1. The summed E-state index contributed by atoms with van der Waals surface area (Å²) in [7, 11) is -3.94. The van der Waals surface area contributed by atoms with Gasteiger partial charge in [-0.05, 0) is 68.7 Å². The van der Waals surface area contributed by atoms with Crippen LogP contribution in [0.25, 0.3) is 0 Å². The van der Waals surface area contributed by atoms with E-state index in [0.29, 0.717) is 6.54 Å². The van der Waals surface area contributed by atoms with Gasteiger partial charge in [-0.3, -0.25) is 9.59 Å². The van der Waals surface area contributed by atoms with Gasteiger partial charge in [0.2, 0.25) is 0 Å². The molecule has 4 rings (SSSR count). The summed E-state index contributed by atoms with van der Waals surface area (Å²) in [4.78, 5) is 27.2. The van der Waals surface area contributed by atoms with Gasteiger partial charge in [-0.2, -0.15) is 0 Å². The largest absolute Gasteiger partial charge is 0.308 e. The highest BCUT2D eigenvalue weighted by atomic mass is 79.9. The van der Waals surface area contributed by atoms with Gasteiger partial charge in [-0.1, -0.05) is 15.9 Å². The van der Waals surface area contributed by atoms with Gasteiger partial charge in [-0.25, -0.2) is 12.7 Å². The summed E-state index contributed by atoms with van der Waals surface area (Å²) in [5.41, 5.74) is 2.29. The van der Waals surface area contributed by atoms with Crippen molar-refractivity contribution < 1.29 is 18.0 Å². The number of amides is 2. The van der Waals surface area contributed by atoms with E-state index >= 15 is 0 Å². The van der Waals surface area contributed by atoms with Gasteiger partial charge in [0.15, 0.2) is 0 Å². The number of fused-ring (bicyclic) bond motifs is 2. The van der Waals surface area contributed by atoms with Crippen molar-refractivity contribution in [2.45, 2.75) is 37.6 Å². The molecule has 0 atom stereocenters. The standard InChI is InChI=1S/C20H19BrN2O4S/c1-12(2)23-20(25)16-7-5-14(11-18(16)28(23,26)27)19(24)22-9-3-4-13-10-15(21)6-8-17(13)22/h5-8,10-12H,3-4,9H2,1-2H3. The molecule has 0 unspecified atom stereocenters. The molecule has 2 aromatic carbocycles. The van der Waals surface area contributed by atoms with Crippen LogP contribution < -0.4 is 4.90 Å². The van der Waals surface area contributed by atoms with E-state index in [0.717, 1.165) is 32.9 Å². The highest BCUT2D eigenvalue weighted by molar-refractivity contribution is 9.10. The molecule has 0 aliphatic carbocycles. The number of benzene rings is 2. The number of halogens is 1. The van der Waals surface area contributed by atoms with E-state index < -0.39 is 22.0 Å². The molecule has 2 heterocycles. The van der Waals surface area contributed by atoms with Crippen LogP contribution in [0.2, 0.25) is 0 Å². The van der Waals surface area contributed by atoms with Crippen LogP contribution in [0.15, 0.2) is 45.8 Å². The number of hydrogen-bond donors (Lipinski definition) is 0. The van der Waals surface area contributed by atoms with Crippen molar-refractivity contribution in [2.24, 2.45) is 0 Å². The Morgan fingerprint density at radius 1 is 1.14 bits per heavy atom. The normalized spacial score (nSPS) is 17.6. The van der Waals surface area contributed by atoms with Crippen molar-refractivity contribution in [1.82, 2.24) is 4.31 Å². The van der Waals surface area contributed by atoms with Crippen molar-refractivity contribution >= 4 is 43.5 Å². The Kier molecular flexibility index (Phi) is 4.58. The van der Waals surface area contributed by atoms with Crippen LogP contribution >= 0.6 is 15.9 Å². The van der Waals surface area contributed by atoms with Crippen LogP contribution in [0, 0.1) is 0 Å². The Balaban J connectivity index is 1.75. The number of aryl methyl sites for hydroxylation is 1. The second-order valence-corrected chi connectivity index (χ2v) is 9.94. The lowest BCUT2D eigenvalue weighted by molar-refractivity contribution is 0.0845. The summed E-state index contributed by atoms with van der Waals surface area (Å²) < 4.78 is 27.4. The van der Waals surface area contributed by atoms with Crippen LogP contribution in [0.4, 0.5) is 5.69 Å². The van der Waals surface area contributed by atoms with Crippen molar-refractivity contribution in [3.63, 3.8) is 0 Å². The van der Waals surface area contributed by atoms with Gasteiger partial charge in [0.1, 0.15) is 4.90 Å². The number of carbonyl (C=O) groups excluding carboxylic acids is 2. The van der Waals surface area contributed by atoms with E-state index in [-0.39, 0.29) is 21.9 Å². The molecule has 0 saturated heterocycles. The predicted octanol–water partition coefficient (Wildman–Crippen LogP) is 3.60. The average Bonchev–Trinajstić information content (AvgIpc) is 2.85. The Labute approximate surface area is 172 Å². The molecule has 6 nitrogen and oxygen atoms in total. The molecule has 8 heteroatoms. The summed E-state index contributed by atoms with van der Waals surface area (Å²) in [5, 5.41) is 0. The first-order valence-corrected chi connectivity index (χ1v) is 11.3. The molecule has 0 spiro atoms. The van der Waals surface area contributed by atoms with Crippen LogP contribution in [0.1, 0.15) is 46.5 Å². The second kappa shape index (κ2) is 6.70. The Morgan fingerprint density at radius 2 is 1.89 bits per heavy atom. The maximum atomic E-state index is 13.2. The number of hydrogen-bond acceptors (Lipinski definition) is 4. The third kappa shape index (κ3) is 2.86. The number of sulfonamides is 1. The SMILES string of the molecule is CC(C)N1C(=O)c2ccc(C(=O)N3CCCc4cc(Br)ccc43)cc2S1(=O)=O. The van der Waals surface area contributed by atoms with Crippen molar-refractivity contribution in [1.29, 1.82) is 0 Å². The molecule has 0 saturated carbocycles. The molecule has 0 fully saturated rings. The lowest BCUT2D eigenvalue weighted by atomic mass is 10.0. The average molecular weight is 463 g/mol. The predicted molar refractivity (Wildman–Crippen MR) is 109 cm³/mol. The summed E-state index contributed by atoms with van der Waals surface area (Å²) in [6, 6.07) is 9.60. The van der Waals surface area contributed by atoms with Gasteiger partial charge in [0.05, 0.1) is 5.56 Å². The monoisotopic (exact) mass is 462 g/mol. The fraction of sp³-hybridized carbons (Fsp3) is 0.300. The van der Waals surface area contributed by atoms with E-state index in [2.05, 4.69) is 15.9 Å². The third-order valence-electron chi connectivity index (χ3n) is 5.07. The molecule has 0 radical (unpaired) electrons. The Hall–Kier alpha value is -2.19. The molecule has 2 aliphatic heterocycles. The smallest absolute Gasteiger partial charge is 0.269 e. The number of nitrogens with zero attached hydrogens (tertiary/aromatic N) is 2. The van der Waals surface area contributed by atoms with E-state index in [1.54, 1.807) is 18.7 Å². The van der Waals surface area contributed by atoms with Crippen molar-refractivity contribution in [3.8, 4) is 0 Å². The Morgan fingerprint density at radius 3 is 2.61 bits per heavy atom. The molecule has 2 aromatic rings. The minimum absolute atomic E-state index is 0.0925. The first-order chi connectivity index (χ1) is 13.2. The maximum absolute atomic E-state index is 13.2. The number of rotatable bonds is 2. The summed E-state index contributed by atoms with van der Waals surface area (Å²) in [6.07, 6.45) is 1.72. The molecule has 146 valence electrons. The molecule has 0 N–H and O–H groups in total. The first kappa shape index (κ1) is 19.1. The van der Waals surface area contributed by atoms with Crippen LogP contribution in [0.3, 0.4) is 0 Å². The van der Waals surface area contributed by atoms with Gasteiger partial charge in [0.25, 0.3) is 21.8 Å². The van der Waals surface area contributed by atoms with E-state index in [1.807, 2.05) is 18.2 Å². The van der Waals surface area contributed by atoms with Gasteiger partial charge in [0, 0.05) is 28.3 Å². The third-order valence-corrected chi connectivity index (χ3v) is 7.56. The summed E-state index contributed by atoms with van der Waals surface area (Å²) >= 11 is 3.45. The molecule has 28 heavy (non-hydrogen) atoms. The molecule has 0 aromatic heterocycles. The first-order valence-electron chi connectivity index (χ1n) is 9.05. The molecular weight excluding hydrogens is 444 g/mol. The topological polar surface area (TPSA) is 74.8 Å². The fourth-order valence-electron chi connectivity index (χ4n) is 3.82. The van der Waals surface area contributed by atoms with E-state index in [1.165, 1.54) is 18.2 Å². The molecule has 2 aliphatic rings. The quantitative estimate of drug-likeness (QED) is 0.683. The lowest BCUT2D eigenvalue weighted by Gasteiger charge is -2.29.